The van der Waals surface area contributed by atoms with E-state index in [1.807, 2.05) is 0 Å². The molecule has 1 rings (SSSR count). The van der Waals surface area contributed by atoms with Crippen LogP contribution in [0.3, 0.4) is 0 Å². The third kappa shape index (κ3) is 1.84. The summed E-state index contributed by atoms with van der Waals surface area (Å²) in [6.07, 6.45) is 2.43. The molecule has 0 radical (unpaired) electrons. The fourth-order valence-electron chi connectivity index (χ4n) is 0.890. The molecule has 0 bridgehead atoms. The van der Waals surface area contributed by atoms with E-state index in [1.54, 1.807) is 6.92 Å². The fourth-order valence-corrected chi connectivity index (χ4v) is 0.890. The van der Waals surface area contributed by atoms with E-state index in [-0.39, 0.29) is 5.56 Å². The van der Waals surface area contributed by atoms with E-state index in [4.69, 9.17) is 0 Å². The van der Waals surface area contributed by atoms with Crippen LogP contribution >= 0.6 is 0 Å². The first-order valence-electron chi connectivity index (χ1n) is 4.04. The Morgan fingerprint density at radius 3 is 3.08 bits per heavy atom. The Kier molecular flexibility index (Phi) is 2.85. The molecule has 0 spiro atoms. The normalized spacial score (nSPS) is 9.83. The summed E-state index contributed by atoms with van der Waals surface area (Å²) in [6.45, 7) is 4.66. The van der Waals surface area contributed by atoms with Gasteiger partial charge in [-0.3, -0.25) is 4.79 Å². The quantitative estimate of drug-likeness (QED) is 0.703. The predicted molar refractivity (Wildman–Crippen MR) is 48.4 cm³/mol. The van der Waals surface area contributed by atoms with Crippen molar-refractivity contribution >= 4 is 5.82 Å². The number of rotatable bonds is 3. The summed E-state index contributed by atoms with van der Waals surface area (Å²) in [5.41, 5.74) is 0.564. The molecule has 0 amide bonds. The third-order valence-electron chi connectivity index (χ3n) is 1.63. The molecule has 0 fully saturated rings. The molecule has 4 nitrogen and oxygen atoms in total. The molecule has 0 unspecified atom stereocenters. The lowest BCUT2D eigenvalue weighted by Crippen LogP contribution is -2.14. The number of H-pyrrole nitrogens is 1. The molecule has 0 atom stereocenters. The molecule has 12 heavy (non-hydrogen) atoms. The zero-order valence-electron chi connectivity index (χ0n) is 7.35. The molecule has 66 valence electrons. The van der Waals surface area contributed by atoms with Crippen LogP contribution in [-0.4, -0.2) is 16.5 Å². The number of anilines is 1. The van der Waals surface area contributed by atoms with E-state index in [9.17, 15) is 4.79 Å². The monoisotopic (exact) mass is 167 g/mol. The van der Waals surface area contributed by atoms with Crippen molar-refractivity contribution in [2.45, 2.75) is 20.3 Å². The molecular formula is C8H13N3O. The zero-order valence-corrected chi connectivity index (χ0v) is 7.35. The van der Waals surface area contributed by atoms with E-state index >= 15 is 0 Å². The highest BCUT2D eigenvalue weighted by Crippen LogP contribution is 2.02. The van der Waals surface area contributed by atoms with Gasteiger partial charge in [-0.1, -0.05) is 6.92 Å². The van der Waals surface area contributed by atoms with Gasteiger partial charge in [0, 0.05) is 6.54 Å². The highest BCUT2D eigenvalue weighted by molar-refractivity contribution is 5.40. The van der Waals surface area contributed by atoms with Crippen molar-refractivity contribution in [1.82, 2.24) is 9.97 Å². The molecular weight excluding hydrogens is 154 g/mol. The maximum atomic E-state index is 11.1. The van der Waals surface area contributed by atoms with Crippen LogP contribution in [0.25, 0.3) is 0 Å². The summed E-state index contributed by atoms with van der Waals surface area (Å²) in [4.78, 5) is 17.6. The third-order valence-corrected chi connectivity index (χ3v) is 1.63. The first-order valence-corrected chi connectivity index (χ1v) is 4.04. The topological polar surface area (TPSA) is 57.8 Å². The van der Waals surface area contributed by atoms with E-state index in [2.05, 4.69) is 22.2 Å². The second kappa shape index (κ2) is 3.90. The Hall–Kier alpha value is -1.32. The van der Waals surface area contributed by atoms with Crippen LogP contribution < -0.4 is 10.9 Å². The van der Waals surface area contributed by atoms with Gasteiger partial charge in [0.1, 0.15) is 5.82 Å². The van der Waals surface area contributed by atoms with Crippen molar-refractivity contribution in [2.24, 2.45) is 0 Å². The van der Waals surface area contributed by atoms with Crippen LogP contribution in [0.4, 0.5) is 5.82 Å². The van der Waals surface area contributed by atoms with Gasteiger partial charge < -0.3 is 10.3 Å². The van der Waals surface area contributed by atoms with Crippen molar-refractivity contribution in [2.75, 3.05) is 11.9 Å². The van der Waals surface area contributed by atoms with Gasteiger partial charge in [-0.05, 0) is 13.3 Å². The van der Waals surface area contributed by atoms with Crippen molar-refractivity contribution in [3.8, 4) is 0 Å². The Morgan fingerprint density at radius 1 is 1.67 bits per heavy atom. The number of aromatic amines is 1. The molecule has 0 saturated heterocycles. The molecule has 1 aromatic rings. The molecule has 0 saturated carbocycles. The minimum atomic E-state index is -0.0800. The van der Waals surface area contributed by atoms with Gasteiger partial charge in [0.15, 0.2) is 0 Å². The molecule has 0 aromatic carbocycles. The van der Waals surface area contributed by atoms with Crippen LogP contribution in [0.5, 0.6) is 0 Å². The number of hydrogen-bond donors (Lipinski definition) is 2. The van der Waals surface area contributed by atoms with E-state index in [0.29, 0.717) is 11.4 Å². The van der Waals surface area contributed by atoms with Crippen molar-refractivity contribution in [3.05, 3.63) is 22.2 Å². The number of hydrogen-bond acceptors (Lipinski definition) is 3. The summed E-state index contributed by atoms with van der Waals surface area (Å²) >= 11 is 0. The van der Waals surface area contributed by atoms with E-state index < -0.39 is 0 Å². The highest BCUT2D eigenvalue weighted by Gasteiger charge is 2.00. The van der Waals surface area contributed by atoms with Gasteiger partial charge in [-0.25, -0.2) is 4.98 Å². The Labute approximate surface area is 71.0 Å². The standard InChI is InChI=1S/C8H13N3O/c1-3-4-9-7-6(2)8(12)11-5-10-7/h5H,3-4H2,1-2H3,(H2,9,10,11,12). The van der Waals surface area contributed by atoms with Gasteiger partial charge in [0.2, 0.25) is 0 Å². The van der Waals surface area contributed by atoms with Gasteiger partial charge in [0.05, 0.1) is 11.9 Å². The summed E-state index contributed by atoms with van der Waals surface area (Å²) in [5, 5.41) is 3.07. The Balaban J connectivity index is 2.85. The maximum absolute atomic E-state index is 11.1. The van der Waals surface area contributed by atoms with Crippen LogP contribution in [0.2, 0.25) is 0 Å². The lowest BCUT2D eigenvalue weighted by atomic mass is 10.3. The van der Waals surface area contributed by atoms with Crippen LogP contribution in [0.15, 0.2) is 11.1 Å². The molecule has 1 aromatic heterocycles. The lowest BCUT2D eigenvalue weighted by molar-refractivity contribution is 0.954. The minimum absolute atomic E-state index is 0.0800. The SMILES string of the molecule is CCCNc1nc[nH]c(=O)c1C. The summed E-state index contributed by atoms with van der Waals surface area (Å²) in [5.74, 6) is 0.681. The lowest BCUT2D eigenvalue weighted by Gasteiger charge is -2.04. The highest BCUT2D eigenvalue weighted by atomic mass is 16.1. The first-order chi connectivity index (χ1) is 5.75. The smallest absolute Gasteiger partial charge is 0.255 e. The van der Waals surface area contributed by atoms with Gasteiger partial charge in [-0.15, -0.1) is 0 Å². The second-order valence-corrected chi connectivity index (χ2v) is 2.63. The second-order valence-electron chi connectivity index (χ2n) is 2.63. The summed E-state index contributed by atoms with van der Waals surface area (Å²) < 4.78 is 0. The molecule has 0 aliphatic heterocycles. The molecule has 0 aliphatic carbocycles. The summed E-state index contributed by atoms with van der Waals surface area (Å²) in [7, 11) is 0. The van der Waals surface area contributed by atoms with Crippen LogP contribution in [0.1, 0.15) is 18.9 Å². The molecule has 2 N–H and O–H groups in total. The zero-order chi connectivity index (χ0) is 8.97. The van der Waals surface area contributed by atoms with Gasteiger partial charge in [0.25, 0.3) is 5.56 Å². The van der Waals surface area contributed by atoms with Crippen LogP contribution in [-0.2, 0) is 0 Å². The molecule has 1 heterocycles. The number of nitrogens with one attached hydrogen (secondary N) is 2. The molecule has 0 aliphatic rings. The van der Waals surface area contributed by atoms with E-state index in [1.165, 1.54) is 6.33 Å². The predicted octanol–water partition coefficient (Wildman–Crippen LogP) is 0.900. The minimum Gasteiger partial charge on any atom is -0.370 e. The van der Waals surface area contributed by atoms with Crippen molar-refractivity contribution in [3.63, 3.8) is 0 Å². The maximum Gasteiger partial charge on any atom is 0.255 e. The largest absolute Gasteiger partial charge is 0.370 e. The number of aromatic nitrogens is 2. The van der Waals surface area contributed by atoms with Crippen molar-refractivity contribution < 1.29 is 0 Å². The van der Waals surface area contributed by atoms with Gasteiger partial charge in [-0.2, -0.15) is 0 Å². The number of nitrogens with zero attached hydrogens (tertiary/aromatic N) is 1. The Bertz CT molecular complexity index is 305. The molecule has 4 heteroatoms. The average molecular weight is 167 g/mol. The first kappa shape index (κ1) is 8.77. The average Bonchev–Trinajstić information content (AvgIpc) is 2.08. The van der Waals surface area contributed by atoms with Crippen LogP contribution in [0, 0.1) is 6.92 Å². The van der Waals surface area contributed by atoms with Crippen molar-refractivity contribution in [1.29, 1.82) is 0 Å². The Morgan fingerprint density at radius 2 is 2.42 bits per heavy atom. The van der Waals surface area contributed by atoms with E-state index in [0.717, 1.165) is 13.0 Å². The van der Waals surface area contributed by atoms with Gasteiger partial charge >= 0.3 is 0 Å². The summed E-state index contributed by atoms with van der Waals surface area (Å²) in [6, 6.07) is 0. The fraction of sp³-hybridized carbons (Fsp3) is 0.500.